The summed E-state index contributed by atoms with van der Waals surface area (Å²) < 4.78 is 0. The Kier molecular flexibility index (Phi) is 4.64. The third-order valence-corrected chi connectivity index (χ3v) is 5.63. The Bertz CT molecular complexity index is 595. The van der Waals surface area contributed by atoms with Crippen LogP contribution in [0.2, 0.25) is 0 Å². The average molecular weight is 299 g/mol. The molecule has 0 radical (unpaired) electrons. The Morgan fingerprint density at radius 3 is 2.62 bits per heavy atom. The molecule has 2 aromatic rings. The van der Waals surface area contributed by atoms with E-state index in [-0.39, 0.29) is 0 Å². The minimum Gasteiger partial charge on any atom is -0.390 e. The van der Waals surface area contributed by atoms with Crippen molar-refractivity contribution >= 4 is 16.3 Å². The first-order chi connectivity index (χ1) is 10.3. The smallest absolute Gasteiger partial charge is 0.0941 e. The molecule has 0 amide bonds. The summed E-state index contributed by atoms with van der Waals surface area (Å²) in [6.07, 6.45) is 10.3. The highest BCUT2D eigenvalue weighted by Crippen LogP contribution is 2.43. The SMILES string of the molecule is CCCCCCc1ccc(-c2c(N)sc3c2CCC3)cc1. The molecule has 0 spiro atoms. The lowest BCUT2D eigenvalue weighted by molar-refractivity contribution is 0.667. The summed E-state index contributed by atoms with van der Waals surface area (Å²) in [6.45, 7) is 2.26. The van der Waals surface area contributed by atoms with E-state index in [9.17, 15) is 0 Å². The second-order valence-corrected chi connectivity index (χ2v) is 7.24. The van der Waals surface area contributed by atoms with Crippen LogP contribution in [-0.4, -0.2) is 0 Å². The van der Waals surface area contributed by atoms with E-state index in [4.69, 9.17) is 5.73 Å². The molecule has 112 valence electrons. The molecule has 0 unspecified atom stereocenters. The first-order valence-electron chi connectivity index (χ1n) is 8.29. The zero-order valence-electron chi connectivity index (χ0n) is 13.0. The Morgan fingerprint density at radius 1 is 1.05 bits per heavy atom. The molecule has 0 bridgehead atoms. The first kappa shape index (κ1) is 14.6. The zero-order valence-corrected chi connectivity index (χ0v) is 13.8. The number of nitrogens with two attached hydrogens (primary N) is 1. The van der Waals surface area contributed by atoms with Crippen LogP contribution in [0.5, 0.6) is 0 Å². The largest absolute Gasteiger partial charge is 0.390 e. The van der Waals surface area contributed by atoms with Crippen molar-refractivity contribution in [1.82, 2.24) is 0 Å². The van der Waals surface area contributed by atoms with Gasteiger partial charge >= 0.3 is 0 Å². The van der Waals surface area contributed by atoms with E-state index in [1.54, 1.807) is 11.3 Å². The summed E-state index contributed by atoms with van der Waals surface area (Å²) in [5.74, 6) is 0. The number of thiophene rings is 1. The van der Waals surface area contributed by atoms with Crippen molar-refractivity contribution in [1.29, 1.82) is 0 Å². The Morgan fingerprint density at radius 2 is 1.86 bits per heavy atom. The molecule has 1 heterocycles. The highest BCUT2D eigenvalue weighted by molar-refractivity contribution is 7.16. The van der Waals surface area contributed by atoms with Gasteiger partial charge in [-0.2, -0.15) is 0 Å². The summed E-state index contributed by atoms with van der Waals surface area (Å²) in [5.41, 5.74) is 11.9. The van der Waals surface area contributed by atoms with Crippen molar-refractivity contribution in [2.24, 2.45) is 0 Å². The fourth-order valence-corrected chi connectivity index (χ4v) is 4.52. The van der Waals surface area contributed by atoms with Gasteiger partial charge in [0.1, 0.15) is 0 Å². The van der Waals surface area contributed by atoms with Crippen molar-refractivity contribution in [3.05, 3.63) is 40.3 Å². The topological polar surface area (TPSA) is 26.0 Å². The van der Waals surface area contributed by atoms with E-state index in [2.05, 4.69) is 31.2 Å². The third kappa shape index (κ3) is 3.16. The number of benzene rings is 1. The second-order valence-electron chi connectivity index (χ2n) is 6.10. The third-order valence-electron chi connectivity index (χ3n) is 4.51. The van der Waals surface area contributed by atoms with Crippen LogP contribution in [0.15, 0.2) is 24.3 Å². The fourth-order valence-electron chi connectivity index (χ4n) is 3.34. The van der Waals surface area contributed by atoms with Crippen molar-refractivity contribution < 1.29 is 0 Å². The lowest BCUT2D eigenvalue weighted by Crippen LogP contribution is -1.90. The van der Waals surface area contributed by atoms with Crippen LogP contribution in [0.1, 0.15) is 55.0 Å². The van der Waals surface area contributed by atoms with Crippen molar-refractivity contribution in [3.63, 3.8) is 0 Å². The molecule has 3 rings (SSSR count). The van der Waals surface area contributed by atoms with Crippen LogP contribution in [0, 0.1) is 0 Å². The quantitative estimate of drug-likeness (QED) is 0.689. The molecule has 0 aliphatic heterocycles. The van der Waals surface area contributed by atoms with Gasteiger partial charge in [-0.05, 0) is 48.8 Å². The van der Waals surface area contributed by atoms with Gasteiger partial charge in [0.05, 0.1) is 5.00 Å². The Balaban J connectivity index is 1.73. The van der Waals surface area contributed by atoms with Gasteiger partial charge in [0.25, 0.3) is 0 Å². The van der Waals surface area contributed by atoms with Crippen LogP contribution >= 0.6 is 11.3 Å². The highest BCUT2D eigenvalue weighted by Gasteiger charge is 2.21. The molecule has 1 aliphatic rings. The number of aryl methyl sites for hydroxylation is 2. The molecule has 0 saturated carbocycles. The summed E-state index contributed by atoms with van der Waals surface area (Å²) >= 11 is 1.80. The minimum atomic E-state index is 1.01. The van der Waals surface area contributed by atoms with Crippen LogP contribution in [0.3, 0.4) is 0 Å². The molecule has 1 nitrogen and oxygen atoms in total. The maximum atomic E-state index is 6.25. The molecular weight excluding hydrogens is 274 g/mol. The molecule has 0 saturated heterocycles. The zero-order chi connectivity index (χ0) is 14.7. The molecule has 0 fully saturated rings. The predicted molar refractivity (Wildman–Crippen MR) is 94.0 cm³/mol. The van der Waals surface area contributed by atoms with Crippen LogP contribution < -0.4 is 5.73 Å². The molecular formula is C19H25NS. The molecule has 1 aliphatic carbocycles. The highest BCUT2D eigenvalue weighted by atomic mass is 32.1. The summed E-state index contributed by atoms with van der Waals surface area (Å²) in [4.78, 5) is 1.52. The normalized spacial score (nSPS) is 13.6. The molecule has 1 aromatic carbocycles. The van der Waals surface area contributed by atoms with Gasteiger partial charge in [0.15, 0.2) is 0 Å². The van der Waals surface area contributed by atoms with Crippen molar-refractivity contribution in [2.45, 2.75) is 58.3 Å². The molecule has 0 atom stereocenters. The van der Waals surface area contributed by atoms with Gasteiger partial charge in [0, 0.05) is 10.4 Å². The number of hydrogen-bond acceptors (Lipinski definition) is 2. The van der Waals surface area contributed by atoms with Gasteiger partial charge in [-0.25, -0.2) is 0 Å². The van der Waals surface area contributed by atoms with E-state index >= 15 is 0 Å². The summed E-state index contributed by atoms with van der Waals surface area (Å²) in [7, 11) is 0. The van der Waals surface area contributed by atoms with E-state index in [0.717, 1.165) is 5.00 Å². The standard InChI is InChI=1S/C19H25NS/c1-2-3-4-5-7-14-10-12-15(13-11-14)18-16-8-6-9-17(16)21-19(18)20/h10-13H,2-9,20H2,1H3. The van der Waals surface area contributed by atoms with Gasteiger partial charge in [-0.15, -0.1) is 11.3 Å². The van der Waals surface area contributed by atoms with Crippen LogP contribution in [-0.2, 0) is 19.3 Å². The Labute approximate surface area is 132 Å². The van der Waals surface area contributed by atoms with Gasteiger partial charge in [0.2, 0.25) is 0 Å². The Hall–Kier alpha value is -1.28. The average Bonchev–Trinajstić information content (AvgIpc) is 3.04. The molecule has 2 N–H and O–H groups in total. The fraction of sp³-hybridized carbons (Fsp3) is 0.474. The number of nitrogen functional groups attached to an aromatic ring is 1. The van der Waals surface area contributed by atoms with E-state index < -0.39 is 0 Å². The van der Waals surface area contributed by atoms with Crippen LogP contribution in [0.25, 0.3) is 11.1 Å². The van der Waals surface area contributed by atoms with E-state index in [1.165, 1.54) is 78.5 Å². The van der Waals surface area contributed by atoms with Gasteiger partial charge < -0.3 is 5.73 Å². The van der Waals surface area contributed by atoms with Crippen molar-refractivity contribution in [3.8, 4) is 11.1 Å². The lowest BCUT2D eigenvalue weighted by atomic mass is 9.99. The maximum Gasteiger partial charge on any atom is 0.0941 e. The number of fused-ring (bicyclic) bond motifs is 1. The molecule has 21 heavy (non-hydrogen) atoms. The van der Waals surface area contributed by atoms with E-state index in [0.29, 0.717) is 0 Å². The molecule has 2 heteroatoms. The lowest BCUT2D eigenvalue weighted by Gasteiger charge is -2.06. The number of anilines is 1. The van der Waals surface area contributed by atoms with E-state index in [1.807, 2.05) is 0 Å². The monoisotopic (exact) mass is 299 g/mol. The van der Waals surface area contributed by atoms with Gasteiger partial charge in [-0.1, -0.05) is 50.5 Å². The van der Waals surface area contributed by atoms with Crippen molar-refractivity contribution in [2.75, 3.05) is 5.73 Å². The maximum absolute atomic E-state index is 6.25. The molecule has 1 aromatic heterocycles. The summed E-state index contributed by atoms with van der Waals surface area (Å²) in [5, 5.41) is 1.01. The van der Waals surface area contributed by atoms with Crippen LogP contribution in [0.4, 0.5) is 5.00 Å². The predicted octanol–water partition coefficient (Wildman–Crippen LogP) is 5.61. The number of hydrogen-bond donors (Lipinski definition) is 1. The first-order valence-corrected chi connectivity index (χ1v) is 9.10. The van der Waals surface area contributed by atoms with Gasteiger partial charge in [-0.3, -0.25) is 0 Å². The summed E-state index contributed by atoms with van der Waals surface area (Å²) in [6, 6.07) is 9.12. The minimum absolute atomic E-state index is 1.01. The number of unbranched alkanes of at least 4 members (excludes halogenated alkanes) is 3. The number of rotatable bonds is 6. The second kappa shape index (κ2) is 6.65.